The van der Waals surface area contributed by atoms with Gasteiger partial charge >= 0.3 is 6.09 Å². The van der Waals surface area contributed by atoms with Crippen LogP contribution < -0.4 is 10.9 Å². The van der Waals surface area contributed by atoms with Gasteiger partial charge in [0.1, 0.15) is 17.1 Å². The van der Waals surface area contributed by atoms with E-state index >= 15 is 0 Å². The molecule has 0 atom stereocenters. The summed E-state index contributed by atoms with van der Waals surface area (Å²) in [7, 11) is 0. The number of aromatic amines is 1. The molecular weight excluding hydrogens is 358 g/mol. The molecule has 7 nitrogen and oxygen atoms in total. The number of aromatic nitrogens is 2. The molecule has 0 aliphatic rings. The Balaban J connectivity index is 1.95. The van der Waals surface area contributed by atoms with E-state index in [-0.39, 0.29) is 11.5 Å². The van der Waals surface area contributed by atoms with Crippen molar-refractivity contribution >= 4 is 34.6 Å². The monoisotopic (exact) mass is 379 g/mol. The predicted octanol–water partition coefficient (Wildman–Crippen LogP) is 4.33. The van der Waals surface area contributed by atoms with Crippen LogP contribution in [0.1, 0.15) is 32.0 Å². The van der Waals surface area contributed by atoms with Gasteiger partial charge in [0.2, 0.25) is 0 Å². The Hall–Kier alpha value is -3.61. The zero-order valence-corrected chi connectivity index (χ0v) is 15.8. The highest BCUT2D eigenvalue weighted by Gasteiger charge is 2.18. The molecule has 1 aromatic heterocycles. The van der Waals surface area contributed by atoms with Crippen LogP contribution in [0.2, 0.25) is 0 Å². The summed E-state index contributed by atoms with van der Waals surface area (Å²) in [5.41, 5.74) is 0.869. The van der Waals surface area contributed by atoms with Gasteiger partial charge in [-0.1, -0.05) is 24.3 Å². The summed E-state index contributed by atoms with van der Waals surface area (Å²) in [5, 5.41) is 13.2. The number of H-pyrrole nitrogens is 1. The normalized spacial score (nSPS) is 12.0. The molecular formula is C21H21N3O4. The molecule has 0 saturated heterocycles. The van der Waals surface area contributed by atoms with E-state index in [1.807, 2.05) is 0 Å². The fourth-order valence-corrected chi connectivity index (χ4v) is 2.58. The average molecular weight is 379 g/mol. The first-order valence-corrected chi connectivity index (χ1v) is 8.72. The Morgan fingerprint density at radius 1 is 1.14 bits per heavy atom. The molecule has 0 radical (unpaired) electrons. The van der Waals surface area contributed by atoms with Crippen molar-refractivity contribution in [2.75, 3.05) is 5.32 Å². The molecule has 3 rings (SSSR count). The molecule has 28 heavy (non-hydrogen) atoms. The molecule has 7 heteroatoms. The first-order valence-electron chi connectivity index (χ1n) is 8.72. The Morgan fingerprint density at radius 3 is 2.57 bits per heavy atom. The van der Waals surface area contributed by atoms with Gasteiger partial charge in [0.05, 0.1) is 16.7 Å². The Kier molecular flexibility index (Phi) is 5.17. The molecule has 0 bridgehead atoms. The molecule has 2 aromatic carbocycles. The van der Waals surface area contributed by atoms with Crippen LogP contribution in [-0.4, -0.2) is 26.8 Å². The molecule has 0 saturated carbocycles. The van der Waals surface area contributed by atoms with Crippen LogP contribution in [0, 0.1) is 0 Å². The van der Waals surface area contributed by atoms with Crippen LogP contribution >= 0.6 is 0 Å². The first-order chi connectivity index (χ1) is 13.2. The molecule has 0 unspecified atom stereocenters. The zero-order chi connectivity index (χ0) is 20.3. The Bertz CT molecular complexity index is 1110. The van der Waals surface area contributed by atoms with Crippen molar-refractivity contribution < 1.29 is 14.6 Å². The Labute approximate surface area is 161 Å². The minimum Gasteiger partial charge on any atom is -0.507 e. The van der Waals surface area contributed by atoms with E-state index in [1.54, 1.807) is 69.3 Å². The minimum absolute atomic E-state index is 0.0586. The minimum atomic E-state index is -0.654. The lowest BCUT2D eigenvalue weighted by Crippen LogP contribution is -2.27. The smallest absolute Gasteiger partial charge is 0.412 e. The molecule has 3 N–H and O–H groups in total. The number of benzene rings is 2. The summed E-state index contributed by atoms with van der Waals surface area (Å²) in [6, 6.07) is 13.8. The number of fused-ring (bicyclic) bond motifs is 1. The number of rotatable bonds is 3. The molecule has 3 aromatic rings. The van der Waals surface area contributed by atoms with Crippen molar-refractivity contribution in [2.45, 2.75) is 26.4 Å². The topological polar surface area (TPSA) is 104 Å². The molecule has 0 aliphatic carbocycles. The number of nitrogens with zero attached hydrogens (tertiary/aromatic N) is 1. The van der Waals surface area contributed by atoms with Crippen molar-refractivity contribution in [3.63, 3.8) is 0 Å². The van der Waals surface area contributed by atoms with Crippen molar-refractivity contribution in [1.82, 2.24) is 9.97 Å². The van der Waals surface area contributed by atoms with E-state index in [0.29, 0.717) is 22.3 Å². The summed E-state index contributed by atoms with van der Waals surface area (Å²) < 4.78 is 5.24. The number of aliphatic hydroxyl groups excluding tert-OH is 1. The average Bonchev–Trinajstić information content (AvgIpc) is 2.61. The van der Waals surface area contributed by atoms with Crippen LogP contribution in [0.4, 0.5) is 10.5 Å². The van der Waals surface area contributed by atoms with Crippen molar-refractivity contribution in [1.29, 1.82) is 0 Å². The number of anilines is 1. The molecule has 144 valence electrons. The number of carbonyl (C=O) groups excluding carboxylic acids is 1. The van der Waals surface area contributed by atoms with E-state index < -0.39 is 17.3 Å². The first kappa shape index (κ1) is 19.2. The van der Waals surface area contributed by atoms with Crippen LogP contribution in [-0.2, 0) is 4.74 Å². The third-order valence-corrected chi connectivity index (χ3v) is 3.74. The predicted molar refractivity (Wildman–Crippen MR) is 109 cm³/mol. The lowest BCUT2D eigenvalue weighted by atomic mass is 10.1. The summed E-state index contributed by atoms with van der Waals surface area (Å²) >= 11 is 0. The largest absolute Gasteiger partial charge is 0.507 e. The van der Waals surface area contributed by atoms with Gasteiger partial charge in [-0.2, -0.15) is 0 Å². The van der Waals surface area contributed by atoms with Crippen molar-refractivity contribution in [3.8, 4) is 0 Å². The van der Waals surface area contributed by atoms with E-state index in [2.05, 4.69) is 15.3 Å². The standard InChI is InChI=1S/C21H21N3O4/c1-21(2,3)28-20(27)24-14-9-5-4-8-13(14)18(25)12-17-19(26)23-16-11-7-6-10-15(16)22-17/h4-12,25H,1-3H3,(H,23,26)(H,24,27)/b18-12-. The van der Waals surface area contributed by atoms with Gasteiger partial charge in [-0.05, 0) is 45.0 Å². The second kappa shape index (κ2) is 7.56. The fraction of sp³-hybridized carbons (Fsp3) is 0.190. The summed E-state index contributed by atoms with van der Waals surface area (Å²) in [4.78, 5) is 31.3. The van der Waals surface area contributed by atoms with Crippen LogP contribution in [0.5, 0.6) is 0 Å². The van der Waals surface area contributed by atoms with Gasteiger partial charge in [-0.25, -0.2) is 9.78 Å². The highest BCUT2D eigenvalue weighted by molar-refractivity contribution is 5.91. The molecule has 0 spiro atoms. The molecule has 0 aliphatic heterocycles. The summed E-state index contributed by atoms with van der Waals surface area (Å²) in [6.07, 6.45) is 0.621. The van der Waals surface area contributed by atoms with Crippen molar-refractivity contribution in [3.05, 3.63) is 70.1 Å². The van der Waals surface area contributed by atoms with E-state index in [9.17, 15) is 14.7 Å². The van der Waals surface area contributed by atoms with Gasteiger partial charge in [0.15, 0.2) is 0 Å². The highest BCUT2D eigenvalue weighted by Crippen LogP contribution is 2.24. The SMILES string of the molecule is CC(C)(C)OC(=O)Nc1ccccc1/C(O)=C/c1nc2ccccc2[nH]c1=O. The van der Waals surface area contributed by atoms with E-state index in [4.69, 9.17) is 4.74 Å². The Morgan fingerprint density at radius 2 is 1.82 bits per heavy atom. The van der Waals surface area contributed by atoms with Crippen molar-refractivity contribution in [2.24, 2.45) is 0 Å². The fourth-order valence-electron chi connectivity index (χ4n) is 2.58. The van der Waals surface area contributed by atoms with Gasteiger partial charge in [-0.15, -0.1) is 0 Å². The highest BCUT2D eigenvalue weighted by atomic mass is 16.6. The van der Waals surface area contributed by atoms with Gasteiger partial charge < -0.3 is 14.8 Å². The third kappa shape index (κ3) is 4.56. The number of hydrogen-bond acceptors (Lipinski definition) is 5. The van der Waals surface area contributed by atoms with E-state index in [0.717, 1.165) is 0 Å². The molecule has 1 heterocycles. The molecule has 1 amide bonds. The number of amides is 1. The van der Waals surface area contributed by atoms with Gasteiger partial charge in [-0.3, -0.25) is 10.1 Å². The number of aliphatic hydroxyl groups is 1. The number of ether oxygens (including phenoxy) is 1. The third-order valence-electron chi connectivity index (χ3n) is 3.74. The quantitative estimate of drug-likeness (QED) is 0.588. The number of para-hydroxylation sites is 3. The van der Waals surface area contributed by atoms with Crippen LogP contribution in [0.25, 0.3) is 22.9 Å². The zero-order valence-electron chi connectivity index (χ0n) is 15.8. The summed E-state index contributed by atoms with van der Waals surface area (Å²) in [5.74, 6) is -0.208. The van der Waals surface area contributed by atoms with Crippen LogP contribution in [0.15, 0.2) is 53.3 Å². The second-order valence-electron chi connectivity index (χ2n) is 7.17. The maximum Gasteiger partial charge on any atom is 0.412 e. The lowest BCUT2D eigenvalue weighted by molar-refractivity contribution is 0.0636. The maximum absolute atomic E-state index is 12.3. The lowest BCUT2D eigenvalue weighted by Gasteiger charge is -2.20. The van der Waals surface area contributed by atoms with E-state index in [1.165, 1.54) is 6.08 Å². The number of carbonyl (C=O) groups is 1. The number of nitrogens with one attached hydrogen (secondary N) is 2. The number of hydrogen-bond donors (Lipinski definition) is 3. The molecule has 0 fully saturated rings. The van der Waals surface area contributed by atoms with Gasteiger partial charge in [0, 0.05) is 11.6 Å². The summed E-state index contributed by atoms with van der Waals surface area (Å²) in [6.45, 7) is 5.27. The van der Waals surface area contributed by atoms with Gasteiger partial charge in [0.25, 0.3) is 5.56 Å². The van der Waals surface area contributed by atoms with Crippen LogP contribution in [0.3, 0.4) is 0 Å². The maximum atomic E-state index is 12.3. The second-order valence-corrected chi connectivity index (χ2v) is 7.17.